The lowest BCUT2D eigenvalue weighted by Gasteiger charge is -2.11. The molecule has 0 spiro atoms. The minimum atomic E-state index is -0.484. The Labute approximate surface area is 278 Å². The lowest BCUT2D eigenvalue weighted by Crippen LogP contribution is -2.00. The third-order valence-corrected chi connectivity index (χ3v) is 8.42. The molecule has 0 saturated carbocycles. The molecule has 0 saturated heterocycles. The molecule has 4 nitrogen and oxygen atoms in total. The van der Waals surface area contributed by atoms with Gasteiger partial charge >= 0.3 is 0 Å². The Kier molecular flexibility index (Phi) is 5.28. The number of rotatable bonds is 5. The van der Waals surface area contributed by atoms with Crippen molar-refractivity contribution in [1.29, 1.82) is 0 Å². The number of aromatic nitrogens is 3. The monoisotopic (exact) mass is 606 g/mol. The molecule has 220 valence electrons. The molecule has 9 aromatic rings. The number of hydrogen-bond acceptors (Lipinski definition) is 4. The van der Waals surface area contributed by atoms with Crippen LogP contribution in [0.25, 0.3) is 89.1 Å². The van der Waals surface area contributed by atoms with Gasteiger partial charge in [-0.25, -0.2) is 15.0 Å². The second kappa shape index (κ2) is 11.2. The second-order valence-electron chi connectivity index (χ2n) is 11.3. The van der Waals surface area contributed by atoms with E-state index in [1.165, 1.54) is 10.8 Å². The van der Waals surface area contributed by atoms with Crippen LogP contribution in [0.3, 0.4) is 0 Å². The number of benzene rings is 7. The first kappa shape index (κ1) is 22.2. The van der Waals surface area contributed by atoms with Crippen molar-refractivity contribution in [3.8, 4) is 56.4 Å². The summed E-state index contributed by atoms with van der Waals surface area (Å²) in [5, 5.41) is 4.08. The summed E-state index contributed by atoms with van der Waals surface area (Å²) in [6, 6.07) is 42.2. The maximum Gasteiger partial charge on any atom is 0.164 e. The molecule has 9 rings (SSSR count). The van der Waals surface area contributed by atoms with E-state index in [4.69, 9.17) is 26.2 Å². The zero-order valence-electron chi connectivity index (χ0n) is 30.0. The number of fused-ring (bicyclic) bond motifs is 4. The highest BCUT2D eigenvalue weighted by atomic mass is 16.3. The van der Waals surface area contributed by atoms with Crippen LogP contribution < -0.4 is 0 Å². The van der Waals surface area contributed by atoms with E-state index in [0.717, 1.165) is 33.0 Å². The molecular weight excluding hydrogens is 574 g/mol. The Hall–Kier alpha value is -6.39. The number of furan rings is 1. The molecule has 0 N–H and O–H groups in total. The van der Waals surface area contributed by atoms with Crippen molar-refractivity contribution >= 4 is 32.7 Å². The zero-order chi connectivity index (χ0) is 35.5. The van der Waals surface area contributed by atoms with Crippen LogP contribution in [-0.4, -0.2) is 15.0 Å². The molecule has 0 atom stereocenters. The molecule has 0 fully saturated rings. The van der Waals surface area contributed by atoms with Gasteiger partial charge in [0.1, 0.15) is 11.2 Å². The Morgan fingerprint density at radius 2 is 1.04 bits per heavy atom. The summed E-state index contributed by atoms with van der Waals surface area (Å²) in [5.74, 6) is 0.562. The molecule has 47 heavy (non-hydrogen) atoms. The highest BCUT2D eigenvalue weighted by molar-refractivity contribution is 6.11. The summed E-state index contributed by atoms with van der Waals surface area (Å²) < 4.78 is 48.4. The van der Waals surface area contributed by atoms with Crippen molar-refractivity contribution in [2.24, 2.45) is 0 Å². The van der Waals surface area contributed by atoms with Crippen LogP contribution in [0.4, 0.5) is 0 Å². The minimum absolute atomic E-state index is 0.0213. The van der Waals surface area contributed by atoms with Crippen LogP contribution in [0.2, 0.25) is 0 Å². The van der Waals surface area contributed by atoms with Crippen molar-refractivity contribution in [1.82, 2.24) is 15.0 Å². The minimum Gasteiger partial charge on any atom is -0.456 e. The zero-order valence-corrected chi connectivity index (χ0v) is 25.0. The van der Waals surface area contributed by atoms with E-state index >= 15 is 0 Å². The maximum atomic E-state index is 8.71. The van der Waals surface area contributed by atoms with Crippen LogP contribution >= 0.6 is 0 Å². The van der Waals surface area contributed by atoms with Crippen molar-refractivity contribution in [2.45, 2.75) is 0 Å². The molecule has 0 aliphatic carbocycles. The van der Waals surface area contributed by atoms with Gasteiger partial charge < -0.3 is 4.42 Å². The van der Waals surface area contributed by atoms with Crippen molar-refractivity contribution in [2.75, 3.05) is 0 Å². The predicted molar refractivity (Wildman–Crippen MR) is 192 cm³/mol. The van der Waals surface area contributed by atoms with Crippen LogP contribution in [0, 0.1) is 0 Å². The lowest BCUT2D eigenvalue weighted by molar-refractivity contribution is 0.669. The Morgan fingerprint density at radius 3 is 1.87 bits per heavy atom. The van der Waals surface area contributed by atoms with Gasteiger partial charge in [0.2, 0.25) is 0 Å². The number of nitrogens with zero attached hydrogens (tertiary/aromatic N) is 3. The fourth-order valence-electron chi connectivity index (χ4n) is 6.12. The fourth-order valence-corrected chi connectivity index (χ4v) is 6.12. The summed E-state index contributed by atoms with van der Waals surface area (Å²) in [6.07, 6.45) is 0. The third-order valence-electron chi connectivity index (χ3n) is 8.42. The predicted octanol–water partition coefficient (Wildman–Crippen LogP) is 11.3. The second-order valence-corrected chi connectivity index (χ2v) is 11.3. The van der Waals surface area contributed by atoms with Gasteiger partial charge in [0.25, 0.3) is 0 Å². The van der Waals surface area contributed by atoms with Gasteiger partial charge in [0.15, 0.2) is 17.5 Å². The molecule has 2 aromatic heterocycles. The average molecular weight is 607 g/mol. The van der Waals surface area contributed by atoms with Crippen molar-refractivity contribution in [3.63, 3.8) is 0 Å². The smallest absolute Gasteiger partial charge is 0.164 e. The van der Waals surface area contributed by atoms with E-state index < -0.39 is 18.1 Å². The van der Waals surface area contributed by atoms with E-state index in [1.54, 1.807) is 0 Å². The standard InChI is InChI=1S/C43H27N3O/c1-2-11-31(12-3-1)41-44-42(46-43(45-41)37-17-9-19-39-40(37)36-16-6-7-18-38(36)47-39)35-15-8-14-33(27-35)29-20-22-30(23-21-29)34-25-24-28-10-4-5-13-32(28)26-34/h1-27H/i1D,2D,3D,11D,12D. The molecule has 0 radical (unpaired) electrons. The topological polar surface area (TPSA) is 51.8 Å². The number of hydrogen-bond donors (Lipinski definition) is 0. The lowest BCUT2D eigenvalue weighted by atomic mass is 9.97. The van der Waals surface area contributed by atoms with Gasteiger partial charge in [0, 0.05) is 27.5 Å². The van der Waals surface area contributed by atoms with Gasteiger partial charge in [-0.3, -0.25) is 0 Å². The average Bonchev–Trinajstić information content (AvgIpc) is 3.58. The van der Waals surface area contributed by atoms with Gasteiger partial charge in [0.05, 0.1) is 6.85 Å². The van der Waals surface area contributed by atoms with E-state index in [2.05, 4.69) is 54.6 Å². The Balaban J connectivity index is 1.19. The molecule has 0 bridgehead atoms. The first-order valence-corrected chi connectivity index (χ1v) is 15.3. The Morgan fingerprint density at radius 1 is 0.426 bits per heavy atom. The fraction of sp³-hybridized carbons (Fsp3) is 0. The van der Waals surface area contributed by atoms with Gasteiger partial charge in [-0.1, -0.05) is 139 Å². The van der Waals surface area contributed by atoms with Gasteiger partial charge in [-0.15, -0.1) is 0 Å². The van der Waals surface area contributed by atoms with Crippen molar-refractivity contribution in [3.05, 3.63) is 164 Å². The molecule has 0 aliphatic heterocycles. The van der Waals surface area contributed by atoms with Crippen LogP contribution in [0.15, 0.2) is 168 Å². The Bertz CT molecular complexity index is 2840. The summed E-state index contributed by atoms with van der Waals surface area (Å²) in [5.41, 5.74) is 6.80. The largest absolute Gasteiger partial charge is 0.456 e. The van der Waals surface area contributed by atoms with Crippen molar-refractivity contribution < 1.29 is 11.3 Å². The molecule has 2 heterocycles. The molecule has 4 heteroatoms. The van der Waals surface area contributed by atoms with E-state index in [-0.39, 0.29) is 29.3 Å². The highest BCUT2D eigenvalue weighted by Crippen LogP contribution is 2.37. The number of para-hydroxylation sites is 1. The van der Waals surface area contributed by atoms with Crippen LogP contribution in [0.5, 0.6) is 0 Å². The summed E-state index contributed by atoms with van der Waals surface area (Å²) >= 11 is 0. The van der Waals surface area contributed by atoms with Gasteiger partial charge in [-0.05, 0) is 57.3 Å². The quantitative estimate of drug-likeness (QED) is 0.196. The van der Waals surface area contributed by atoms with Crippen LogP contribution in [0.1, 0.15) is 6.85 Å². The maximum absolute atomic E-state index is 8.71. The molecule has 0 unspecified atom stereocenters. The molecular formula is C43H27N3O. The molecule has 7 aromatic carbocycles. The first-order valence-electron chi connectivity index (χ1n) is 17.8. The van der Waals surface area contributed by atoms with E-state index in [9.17, 15) is 0 Å². The summed E-state index contributed by atoms with van der Waals surface area (Å²) in [6.45, 7) is 0. The van der Waals surface area contributed by atoms with E-state index in [1.807, 2.05) is 78.9 Å². The third kappa shape index (κ3) is 4.93. The van der Waals surface area contributed by atoms with Gasteiger partial charge in [-0.2, -0.15) is 0 Å². The van der Waals surface area contributed by atoms with Crippen LogP contribution in [-0.2, 0) is 0 Å². The normalized spacial score (nSPS) is 12.9. The van der Waals surface area contributed by atoms with E-state index in [0.29, 0.717) is 28.1 Å². The summed E-state index contributed by atoms with van der Waals surface area (Å²) in [4.78, 5) is 14.5. The molecule has 0 amide bonds. The summed E-state index contributed by atoms with van der Waals surface area (Å²) in [7, 11) is 0. The molecule has 0 aliphatic rings. The first-order chi connectivity index (χ1) is 25.3. The SMILES string of the molecule is [2H]c1c([2H])c([2H])c(-c2nc(-c3cccc(-c4ccc(-c5ccc6ccccc6c5)cc4)c3)nc(-c3cccc4oc5ccccc5c34)n2)c([2H])c1[2H]. The highest BCUT2D eigenvalue weighted by Gasteiger charge is 2.18.